The third-order valence-corrected chi connectivity index (χ3v) is 3.91. The van der Waals surface area contributed by atoms with Crippen molar-refractivity contribution in [2.45, 2.75) is 19.4 Å². The van der Waals surface area contributed by atoms with Crippen LogP contribution in [0.25, 0.3) is 0 Å². The van der Waals surface area contributed by atoms with Gasteiger partial charge in [-0.05, 0) is 17.9 Å². The fourth-order valence-electron chi connectivity index (χ4n) is 1.82. The Morgan fingerprint density at radius 1 is 1.42 bits per heavy atom. The minimum Gasteiger partial charge on any atom is -0.356 e. The molecule has 0 aliphatic carbocycles. The molecule has 2 aromatic heterocycles. The summed E-state index contributed by atoms with van der Waals surface area (Å²) in [5.41, 5.74) is -0.835. The first kappa shape index (κ1) is 13.5. The van der Waals surface area contributed by atoms with Gasteiger partial charge < -0.3 is 5.32 Å². The first-order valence-electron chi connectivity index (χ1n) is 5.98. The van der Waals surface area contributed by atoms with E-state index in [2.05, 4.69) is 10.4 Å². The molecule has 7 heteroatoms. The second-order valence-electron chi connectivity index (χ2n) is 4.24. The number of anilines is 1. The fraction of sp³-hybridized carbons (Fsp3) is 0.417. The Bertz CT molecular complexity index is 672. The van der Waals surface area contributed by atoms with Gasteiger partial charge in [-0.3, -0.25) is 9.36 Å². The number of aromatic nitrogens is 3. The monoisotopic (exact) mass is 280 g/mol. The van der Waals surface area contributed by atoms with Crippen molar-refractivity contribution in [3.63, 3.8) is 0 Å². The Kier molecular flexibility index (Phi) is 3.84. The second kappa shape index (κ2) is 5.40. The summed E-state index contributed by atoms with van der Waals surface area (Å²) < 4.78 is 2.21. The normalized spacial score (nSPS) is 12.4. The molecular formula is C12H16N4O2S. The molecule has 0 aliphatic rings. The summed E-state index contributed by atoms with van der Waals surface area (Å²) in [5, 5.41) is 9.10. The highest BCUT2D eigenvalue weighted by Crippen LogP contribution is 2.24. The first-order chi connectivity index (χ1) is 9.04. The minimum atomic E-state index is -0.431. The Labute approximate surface area is 114 Å². The second-order valence-corrected chi connectivity index (χ2v) is 5.22. The molecule has 1 unspecified atom stereocenters. The third-order valence-electron chi connectivity index (χ3n) is 2.93. The van der Waals surface area contributed by atoms with E-state index in [1.165, 1.54) is 14.1 Å². The van der Waals surface area contributed by atoms with Gasteiger partial charge >= 0.3 is 5.69 Å². The fourth-order valence-corrected chi connectivity index (χ4v) is 2.68. The summed E-state index contributed by atoms with van der Waals surface area (Å²) >= 11 is 1.62. The molecule has 102 valence electrons. The Morgan fingerprint density at radius 3 is 2.74 bits per heavy atom. The van der Waals surface area contributed by atoms with Crippen molar-refractivity contribution >= 4 is 17.2 Å². The largest absolute Gasteiger partial charge is 0.356 e. The zero-order valence-electron chi connectivity index (χ0n) is 11.1. The molecule has 2 rings (SSSR count). The van der Waals surface area contributed by atoms with E-state index in [0.29, 0.717) is 0 Å². The number of thiophene rings is 1. The van der Waals surface area contributed by atoms with Crippen LogP contribution in [-0.2, 0) is 14.1 Å². The minimum absolute atomic E-state index is 0.0257. The van der Waals surface area contributed by atoms with Crippen LogP contribution in [0, 0.1) is 0 Å². The maximum absolute atomic E-state index is 12.0. The van der Waals surface area contributed by atoms with Gasteiger partial charge in [0, 0.05) is 19.0 Å². The van der Waals surface area contributed by atoms with Crippen LogP contribution in [0.15, 0.2) is 27.1 Å². The Hall–Kier alpha value is -1.89. The summed E-state index contributed by atoms with van der Waals surface area (Å²) in [6, 6.07) is 4.01. The molecule has 0 aliphatic heterocycles. The van der Waals surface area contributed by atoms with E-state index in [-0.39, 0.29) is 11.9 Å². The van der Waals surface area contributed by atoms with E-state index < -0.39 is 11.2 Å². The molecule has 0 bridgehead atoms. The molecule has 19 heavy (non-hydrogen) atoms. The van der Waals surface area contributed by atoms with Gasteiger partial charge in [0.15, 0.2) is 0 Å². The SMILES string of the molecule is CCC(Nc1nn(C)c(=O)n(C)c1=O)c1cccs1. The van der Waals surface area contributed by atoms with Gasteiger partial charge in [0.2, 0.25) is 5.82 Å². The van der Waals surface area contributed by atoms with Gasteiger partial charge in [-0.15, -0.1) is 16.4 Å². The lowest BCUT2D eigenvalue weighted by atomic mass is 10.2. The van der Waals surface area contributed by atoms with Crippen molar-refractivity contribution in [2.24, 2.45) is 14.1 Å². The van der Waals surface area contributed by atoms with E-state index in [0.717, 1.165) is 20.5 Å². The smallest absolute Gasteiger partial charge is 0.346 e. The van der Waals surface area contributed by atoms with Crippen LogP contribution in [-0.4, -0.2) is 14.3 Å². The van der Waals surface area contributed by atoms with Crippen molar-refractivity contribution < 1.29 is 0 Å². The van der Waals surface area contributed by atoms with Gasteiger partial charge in [0.1, 0.15) is 0 Å². The number of hydrogen-bond donors (Lipinski definition) is 1. The summed E-state index contributed by atoms with van der Waals surface area (Å²) in [6.07, 6.45) is 0.828. The molecule has 1 atom stereocenters. The molecule has 0 saturated carbocycles. The standard InChI is InChI=1S/C12H16N4O2S/c1-4-8(9-6-5-7-19-9)13-10-11(17)15(2)12(18)16(3)14-10/h5-8H,4H2,1-3H3,(H,13,14). The van der Waals surface area contributed by atoms with Crippen LogP contribution < -0.4 is 16.6 Å². The summed E-state index contributed by atoms with van der Waals surface area (Å²) in [7, 11) is 2.97. The van der Waals surface area contributed by atoms with E-state index in [1.807, 2.05) is 24.4 Å². The number of aryl methyl sites for hydroxylation is 1. The molecule has 0 aromatic carbocycles. The van der Waals surface area contributed by atoms with E-state index >= 15 is 0 Å². The molecule has 0 saturated heterocycles. The van der Waals surface area contributed by atoms with E-state index in [9.17, 15) is 9.59 Å². The average Bonchev–Trinajstić information content (AvgIpc) is 2.93. The summed E-state index contributed by atoms with van der Waals surface area (Å²) in [6.45, 7) is 2.03. The summed E-state index contributed by atoms with van der Waals surface area (Å²) in [4.78, 5) is 24.7. The van der Waals surface area contributed by atoms with Crippen LogP contribution in [0.1, 0.15) is 24.3 Å². The number of rotatable bonds is 4. The van der Waals surface area contributed by atoms with Crippen LogP contribution >= 0.6 is 11.3 Å². The third kappa shape index (κ3) is 2.60. The highest BCUT2D eigenvalue weighted by atomic mass is 32.1. The van der Waals surface area contributed by atoms with Crippen molar-refractivity contribution in [1.29, 1.82) is 0 Å². The van der Waals surface area contributed by atoms with Gasteiger partial charge in [0.25, 0.3) is 5.56 Å². The molecule has 0 radical (unpaired) electrons. The molecule has 0 spiro atoms. The van der Waals surface area contributed by atoms with Gasteiger partial charge in [-0.2, -0.15) is 0 Å². The zero-order chi connectivity index (χ0) is 14.0. The summed E-state index contributed by atoms with van der Waals surface area (Å²) in [5.74, 6) is 0.199. The lowest BCUT2D eigenvalue weighted by Crippen LogP contribution is -2.40. The van der Waals surface area contributed by atoms with Crippen molar-refractivity contribution in [3.8, 4) is 0 Å². The highest BCUT2D eigenvalue weighted by Gasteiger charge is 2.15. The number of hydrogen-bond acceptors (Lipinski definition) is 5. The maximum atomic E-state index is 12.0. The van der Waals surface area contributed by atoms with Crippen LogP contribution in [0.3, 0.4) is 0 Å². The average molecular weight is 280 g/mol. The predicted octanol–water partition coefficient (Wildman–Crippen LogP) is 1.10. The number of nitrogens with zero attached hydrogens (tertiary/aromatic N) is 3. The van der Waals surface area contributed by atoms with Gasteiger partial charge in [-0.1, -0.05) is 13.0 Å². The molecule has 0 fully saturated rings. The highest BCUT2D eigenvalue weighted by molar-refractivity contribution is 7.10. The lowest BCUT2D eigenvalue weighted by Gasteiger charge is -2.16. The van der Waals surface area contributed by atoms with E-state index in [4.69, 9.17) is 0 Å². The molecule has 2 heterocycles. The molecule has 1 N–H and O–H groups in total. The van der Waals surface area contributed by atoms with E-state index in [1.54, 1.807) is 11.3 Å². The predicted molar refractivity (Wildman–Crippen MR) is 75.7 cm³/mol. The molecule has 6 nitrogen and oxygen atoms in total. The first-order valence-corrected chi connectivity index (χ1v) is 6.86. The molecule has 0 amide bonds. The van der Waals surface area contributed by atoms with Crippen molar-refractivity contribution in [2.75, 3.05) is 5.32 Å². The van der Waals surface area contributed by atoms with Gasteiger partial charge in [-0.25, -0.2) is 9.48 Å². The molecule has 2 aromatic rings. The number of nitrogens with one attached hydrogen (secondary N) is 1. The van der Waals surface area contributed by atoms with Gasteiger partial charge in [0.05, 0.1) is 6.04 Å². The topological polar surface area (TPSA) is 68.9 Å². The molecular weight excluding hydrogens is 264 g/mol. The van der Waals surface area contributed by atoms with Crippen LogP contribution in [0.2, 0.25) is 0 Å². The lowest BCUT2D eigenvalue weighted by molar-refractivity contribution is 0.598. The Balaban J connectivity index is 2.38. The van der Waals surface area contributed by atoms with Crippen LogP contribution in [0.4, 0.5) is 5.82 Å². The van der Waals surface area contributed by atoms with Crippen molar-refractivity contribution in [3.05, 3.63) is 43.2 Å². The zero-order valence-corrected chi connectivity index (χ0v) is 11.9. The maximum Gasteiger partial charge on any atom is 0.346 e. The van der Waals surface area contributed by atoms with Crippen LogP contribution in [0.5, 0.6) is 0 Å². The Morgan fingerprint density at radius 2 is 2.16 bits per heavy atom. The quantitative estimate of drug-likeness (QED) is 0.910. The van der Waals surface area contributed by atoms with Crippen molar-refractivity contribution in [1.82, 2.24) is 14.3 Å².